The van der Waals surface area contributed by atoms with Gasteiger partial charge >= 0.3 is 11.9 Å². The Bertz CT molecular complexity index is 1890. The van der Waals surface area contributed by atoms with Crippen molar-refractivity contribution in [2.45, 2.75) is 51.4 Å². The average molecular weight is 839 g/mol. The summed E-state index contributed by atoms with van der Waals surface area (Å²) in [6.45, 7) is 0.897. The number of rotatable bonds is 21. The molecular weight excluding hydrogens is 799 g/mol. The van der Waals surface area contributed by atoms with E-state index < -0.39 is 24.1 Å². The number of aromatic nitrogens is 2. The van der Waals surface area contributed by atoms with E-state index in [4.69, 9.17) is 52.4 Å². The first-order valence-corrected chi connectivity index (χ1v) is 17.7. The van der Waals surface area contributed by atoms with Crippen molar-refractivity contribution in [3.05, 3.63) is 91.4 Å². The summed E-state index contributed by atoms with van der Waals surface area (Å²) in [5.74, 6) is -1.00. The number of nitrogens with zero attached hydrogens (tertiary/aromatic N) is 2. The minimum Gasteiger partial charge on any atom is -0.481 e. The molecule has 0 saturated carbocycles. The molecule has 0 radical (unpaired) electrons. The van der Waals surface area contributed by atoms with E-state index in [1.807, 2.05) is 36.4 Å². The van der Waals surface area contributed by atoms with Crippen LogP contribution in [0, 0.1) is 0 Å². The molecule has 2 aromatic heterocycles. The SMILES string of the molecule is COc1nc(OCc2cccc(-c3cccc(COc4nc(OC)c(CNCC(O)CC(=O)O)cc4Br)c3Cl)c2Cl)ccc1CNCC(O)CC(=O)O. The van der Waals surface area contributed by atoms with Gasteiger partial charge in [0, 0.05) is 65.6 Å². The van der Waals surface area contributed by atoms with Gasteiger partial charge < -0.3 is 50.0 Å². The summed E-state index contributed by atoms with van der Waals surface area (Å²) in [5.41, 5.74) is 4.09. The number of hydrogen-bond acceptors (Lipinski definition) is 12. The predicted octanol–water partition coefficient (Wildman–Crippen LogP) is 5.24. The molecule has 6 N–H and O–H groups in total. The average Bonchev–Trinajstić information content (AvgIpc) is 3.11. The smallest absolute Gasteiger partial charge is 0.306 e. The fourth-order valence-corrected chi connectivity index (χ4v) is 6.18. The number of carbonyl (C=O) groups is 2. The molecule has 2 aromatic carbocycles. The van der Waals surface area contributed by atoms with E-state index in [2.05, 4.69) is 36.5 Å². The van der Waals surface area contributed by atoms with Crippen LogP contribution >= 0.6 is 39.1 Å². The van der Waals surface area contributed by atoms with Crippen LogP contribution in [0.2, 0.25) is 10.0 Å². The summed E-state index contributed by atoms with van der Waals surface area (Å²) >= 11 is 17.3. The molecule has 2 atom stereocenters. The number of hydrogen-bond donors (Lipinski definition) is 6. The lowest BCUT2D eigenvalue weighted by Crippen LogP contribution is -2.28. The van der Waals surface area contributed by atoms with Crippen LogP contribution in [0.3, 0.4) is 0 Å². The van der Waals surface area contributed by atoms with Gasteiger partial charge in [-0.1, -0.05) is 59.6 Å². The highest BCUT2D eigenvalue weighted by Gasteiger charge is 2.18. The molecule has 0 aliphatic heterocycles. The largest absolute Gasteiger partial charge is 0.481 e. The lowest BCUT2D eigenvalue weighted by Gasteiger charge is -2.16. The fourth-order valence-electron chi connectivity index (χ4n) is 5.13. The molecule has 14 nitrogen and oxygen atoms in total. The Morgan fingerprint density at radius 1 is 0.717 bits per heavy atom. The van der Waals surface area contributed by atoms with Crippen LogP contribution in [0.25, 0.3) is 11.1 Å². The Labute approximate surface area is 324 Å². The van der Waals surface area contributed by atoms with Crippen molar-refractivity contribution in [2.75, 3.05) is 27.3 Å². The first kappa shape index (κ1) is 41.5. The fraction of sp³-hybridized carbons (Fsp3) is 0.333. The van der Waals surface area contributed by atoms with Gasteiger partial charge in [0.25, 0.3) is 0 Å². The minimum absolute atomic E-state index is 0.0722. The van der Waals surface area contributed by atoms with Crippen LogP contribution in [0.5, 0.6) is 23.5 Å². The summed E-state index contributed by atoms with van der Waals surface area (Å²) in [6.07, 6.45) is -2.79. The van der Waals surface area contributed by atoms with Gasteiger partial charge in [0.15, 0.2) is 0 Å². The van der Waals surface area contributed by atoms with E-state index in [1.54, 1.807) is 18.2 Å². The summed E-state index contributed by atoms with van der Waals surface area (Å²) in [6, 6.07) is 16.3. The van der Waals surface area contributed by atoms with Crippen LogP contribution in [0.1, 0.15) is 35.1 Å². The maximum Gasteiger partial charge on any atom is 0.306 e. The van der Waals surface area contributed by atoms with E-state index in [0.717, 1.165) is 0 Å². The molecule has 53 heavy (non-hydrogen) atoms. The van der Waals surface area contributed by atoms with Crippen LogP contribution < -0.4 is 29.6 Å². The Morgan fingerprint density at radius 2 is 1.23 bits per heavy atom. The van der Waals surface area contributed by atoms with Crippen LogP contribution in [0.15, 0.2) is 59.1 Å². The summed E-state index contributed by atoms with van der Waals surface area (Å²) in [5, 5.41) is 44.1. The summed E-state index contributed by atoms with van der Waals surface area (Å²) < 4.78 is 23.4. The van der Waals surface area contributed by atoms with Crippen molar-refractivity contribution in [1.29, 1.82) is 0 Å². The molecule has 2 unspecified atom stereocenters. The van der Waals surface area contributed by atoms with E-state index in [9.17, 15) is 19.8 Å². The molecule has 0 aliphatic rings. The number of ether oxygens (including phenoxy) is 4. The number of benzene rings is 2. The Hall–Kier alpha value is -4.22. The standard InChI is InChI=1S/C36H39BrCl2N4O10/c1-50-34-20(14-40-16-24(44)12-30(46)47)9-10-29(42-34)52-18-21-5-3-7-26(32(21)38)27-8-4-6-22(33(27)39)19-53-36-28(37)11-23(35(43-36)51-2)15-41-17-25(45)13-31(48)49/h3-11,24-25,40-41,44-45H,12-19H2,1-2H3,(H,46,47)(H,48,49). The van der Waals surface area contributed by atoms with Crippen molar-refractivity contribution in [2.24, 2.45) is 0 Å². The minimum atomic E-state index is -1.09. The Balaban J connectivity index is 1.41. The molecule has 0 fully saturated rings. The third-order valence-corrected chi connectivity index (χ3v) is 9.14. The van der Waals surface area contributed by atoms with E-state index >= 15 is 0 Å². The van der Waals surface area contributed by atoms with E-state index in [-0.39, 0.29) is 51.6 Å². The van der Waals surface area contributed by atoms with Gasteiger partial charge in [-0.05, 0) is 28.1 Å². The first-order valence-electron chi connectivity index (χ1n) is 16.2. The zero-order chi connectivity index (χ0) is 38.5. The van der Waals surface area contributed by atoms with Gasteiger partial charge in [-0.2, -0.15) is 9.97 Å². The van der Waals surface area contributed by atoms with Crippen LogP contribution in [-0.2, 0) is 35.9 Å². The van der Waals surface area contributed by atoms with Gasteiger partial charge in [-0.15, -0.1) is 0 Å². The molecule has 0 spiro atoms. The van der Waals surface area contributed by atoms with E-state index in [0.29, 0.717) is 72.1 Å². The number of methoxy groups -OCH3 is 2. The second-order valence-corrected chi connectivity index (χ2v) is 13.3. The number of pyridine rings is 2. The lowest BCUT2D eigenvalue weighted by atomic mass is 10.0. The number of aliphatic hydroxyl groups excluding tert-OH is 2. The molecule has 0 saturated heterocycles. The number of aliphatic hydroxyl groups is 2. The molecule has 4 aromatic rings. The molecule has 2 heterocycles. The van der Waals surface area contributed by atoms with Crippen LogP contribution in [0.4, 0.5) is 0 Å². The molecule has 0 amide bonds. The maximum absolute atomic E-state index is 10.8. The Kier molecular flexibility index (Phi) is 15.9. The molecule has 0 aliphatic carbocycles. The van der Waals surface area contributed by atoms with Gasteiger partial charge in [0.2, 0.25) is 23.5 Å². The highest BCUT2D eigenvalue weighted by Crippen LogP contribution is 2.38. The maximum atomic E-state index is 10.8. The van der Waals surface area contributed by atoms with Gasteiger partial charge in [-0.25, -0.2) is 0 Å². The first-order chi connectivity index (χ1) is 25.4. The topological polar surface area (TPSA) is 202 Å². The zero-order valence-electron chi connectivity index (χ0n) is 28.8. The van der Waals surface area contributed by atoms with Crippen molar-refractivity contribution >= 4 is 51.1 Å². The molecular formula is C36H39BrCl2N4O10. The van der Waals surface area contributed by atoms with Gasteiger partial charge in [-0.3, -0.25) is 9.59 Å². The molecule has 284 valence electrons. The number of carboxylic acid groups (broad SMARTS) is 2. The van der Waals surface area contributed by atoms with Crippen molar-refractivity contribution in [3.63, 3.8) is 0 Å². The molecule has 0 bridgehead atoms. The zero-order valence-corrected chi connectivity index (χ0v) is 31.9. The Morgan fingerprint density at radius 3 is 1.75 bits per heavy atom. The second kappa shape index (κ2) is 20.3. The lowest BCUT2D eigenvalue weighted by molar-refractivity contribution is -0.140. The van der Waals surface area contributed by atoms with Crippen LogP contribution in [-0.4, -0.2) is 81.8 Å². The normalized spacial score (nSPS) is 12.2. The third-order valence-electron chi connectivity index (χ3n) is 7.68. The number of carboxylic acids is 2. The number of nitrogens with one attached hydrogen (secondary N) is 2. The van der Waals surface area contributed by atoms with Gasteiger partial charge in [0.05, 0.1) is 53.8 Å². The quantitative estimate of drug-likeness (QED) is 0.0637. The van der Waals surface area contributed by atoms with Gasteiger partial charge in [0.1, 0.15) is 13.2 Å². The summed E-state index contributed by atoms with van der Waals surface area (Å²) in [4.78, 5) is 30.4. The molecule has 17 heteroatoms. The monoisotopic (exact) mass is 836 g/mol. The predicted molar refractivity (Wildman–Crippen MR) is 200 cm³/mol. The third kappa shape index (κ3) is 12.2. The van der Waals surface area contributed by atoms with Crippen molar-refractivity contribution in [3.8, 4) is 34.6 Å². The highest BCUT2D eigenvalue weighted by atomic mass is 79.9. The highest BCUT2D eigenvalue weighted by molar-refractivity contribution is 9.10. The number of halogens is 3. The summed E-state index contributed by atoms with van der Waals surface area (Å²) in [7, 11) is 2.94. The number of aliphatic carboxylic acids is 2. The van der Waals surface area contributed by atoms with Crippen molar-refractivity contribution < 1.29 is 49.0 Å². The molecule has 4 rings (SSSR count). The van der Waals surface area contributed by atoms with E-state index in [1.165, 1.54) is 14.2 Å². The van der Waals surface area contributed by atoms with Crippen molar-refractivity contribution in [1.82, 2.24) is 20.6 Å². The second-order valence-electron chi connectivity index (χ2n) is 11.7.